The molecule has 0 aromatic heterocycles. The highest BCUT2D eigenvalue weighted by Crippen LogP contribution is 3.02. The largest absolute Gasteiger partial charge is 0.383 e. The highest BCUT2D eigenvalue weighted by Gasteiger charge is 2.65. The van der Waals surface area contributed by atoms with E-state index in [1.165, 1.54) is 0 Å². The summed E-state index contributed by atoms with van der Waals surface area (Å²) in [6.45, 7) is 0. The predicted octanol–water partition coefficient (Wildman–Crippen LogP) is 7.12. The second-order valence-electron chi connectivity index (χ2n) is 6.76. The van der Waals surface area contributed by atoms with Crippen molar-refractivity contribution in [2.45, 2.75) is 10.4 Å². The second-order valence-corrected chi connectivity index (χ2v) is 10.1. The highest BCUT2D eigenvalue weighted by molar-refractivity contribution is 9.10. The first-order valence-corrected chi connectivity index (χ1v) is 11.1. The number of hydrogen-bond acceptors (Lipinski definition) is 2. The third-order valence-electron chi connectivity index (χ3n) is 4.84. The minimum Gasteiger partial charge on any atom is -0.383 e. The first-order valence-electron chi connectivity index (χ1n) is 8.37. The molecule has 1 atom stereocenters. The van der Waals surface area contributed by atoms with E-state index in [1.807, 2.05) is 0 Å². The maximum Gasteiger partial charge on any atom is 0.310 e. The highest BCUT2D eigenvalue weighted by atomic mass is 79.9. The molecular formula is C20H14BrF5N2S. The summed E-state index contributed by atoms with van der Waals surface area (Å²) >= 11 is 3.39. The van der Waals surface area contributed by atoms with E-state index in [4.69, 9.17) is 5.73 Å². The van der Waals surface area contributed by atoms with Crippen LogP contribution in [0.5, 0.6) is 0 Å². The third kappa shape index (κ3) is 3.32. The summed E-state index contributed by atoms with van der Waals surface area (Å²) in [6.07, 6.45) is 0. The van der Waals surface area contributed by atoms with Crippen molar-refractivity contribution in [2.24, 2.45) is 10.7 Å². The fraction of sp³-hybridized carbons (Fsp3) is 0.0500. The standard InChI is InChI=1S/C20H14BrF5N2S/c21-15-5-3-4-14(12-15)20(18-7-2-1-6-17(18)19(27)28-20)13-8-10-16(11-9-13)29(22,23,24,25)26/h1-12H,(H2,27,28). The van der Waals surface area contributed by atoms with E-state index < -0.39 is 20.7 Å². The Morgan fingerprint density at radius 2 is 1.45 bits per heavy atom. The maximum atomic E-state index is 13.2. The van der Waals surface area contributed by atoms with E-state index in [9.17, 15) is 19.4 Å². The van der Waals surface area contributed by atoms with Gasteiger partial charge in [0.2, 0.25) is 0 Å². The van der Waals surface area contributed by atoms with Crippen molar-refractivity contribution < 1.29 is 19.4 Å². The molecule has 0 amide bonds. The van der Waals surface area contributed by atoms with Crippen LogP contribution in [-0.2, 0) is 5.54 Å². The van der Waals surface area contributed by atoms with Gasteiger partial charge in [-0.25, -0.2) is 4.99 Å². The zero-order valence-corrected chi connectivity index (χ0v) is 17.0. The van der Waals surface area contributed by atoms with Gasteiger partial charge in [0.1, 0.15) is 16.3 Å². The van der Waals surface area contributed by atoms with Crippen LogP contribution in [0.3, 0.4) is 0 Å². The monoisotopic (exact) mass is 488 g/mol. The van der Waals surface area contributed by atoms with E-state index in [2.05, 4.69) is 20.9 Å². The van der Waals surface area contributed by atoms with Crippen molar-refractivity contribution in [3.05, 3.63) is 99.5 Å². The van der Waals surface area contributed by atoms with Gasteiger partial charge in [0, 0.05) is 10.0 Å². The van der Waals surface area contributed by atoms with Gasteiger partial charge >= 0.3 is 10.2 Å². The first kappa shape index (κ1) is 19.9. The van der Waals surface area contributed by atoms with E-state index in [-0.39, 0.29) is 5.84 Å². The zero-order chi connectivity index (χ0) is 21.1. The van der Waals surface area contributed by atoms with Gasteiger partial charge in [0.15, 0.2) is 0 Å². The van der Waals surface area contributed by atoms with Crippen molar-refractivity contribution >= 4 is 32.0 Å². The number of hydrogen-bond donors (Lipinski definition) is 1. The quantitative estimate of drug-likeness (QED) is 0.391. The lowest BCUT2D eigenvalue weighted by Crippen LogP contribution is -2.25. The molecule has 152 valence electrons. The number of halogens is 6. The molecule has 9 heteroatoms. The number of aliphatic imine (C=N–C) groups is 1. The van der Waals surface area contributed by atoms with Crippen LogP contribution in [0.1, 0.15) is 22.3 Å². The summed E-state index contributed by atoms with van der Waals surface area (Å²) in [5.74, 6) is 0.220. The van der Waals surface area contributed by atoms with Crippen molar-refractivity contribution in [2.75, 3.05) is 0 Å². The molecule has 0 saturated carbocycles. The van der Waals surface area contributed by atoms with Gasteiger partial charge in [0.05, 0.1) is 0 Å². The Hall–Kier alpha value is -2.39. The van der Waals surface area contributed by atoms with Crippen LogP contribution in [0.4, 0.5) is 19.4 Å². The van der Waals surface area contributed by atoms with Crippen LogP contribution < -0.4 is 5.73 Å². The first-order chi connectivity index (χ1) is 13.3. The molecule has 0 spiro atoms. The molecule has 0 radical (unpaired) electrons. The molecule has 1 aliphatic heterocycles. The van der Waals surface area contributed by atoms with Crippen molar-refractivity contribution in [1.82, 2.24) is 0 Å². The van der Waals surface area contributed by atoms with E-state index in [0.29, 0.717) is 34.4 Å². The minimum absolute atomic E-state index is 0.220. The van der Waals surface area contributed by atoms with Crippen LogP contribution in [0.25, 0.3) is 0 Å². The van der Waals surface area contributed by atoms with Gasteiger partial charge in [-0.05, 0) is 41.0 Å². The van der Waals surface area contributed by atoms with Crippen molar-refractivity contribution in [1.29, 1.82) is 0 Å². The van der Waals surface area contributed by atoms with Crippen molar-refractivity contribution in [3.63, 3.8) is 0 Å². The molecule has 0 bridgehead atoms. The average molecular weight is 489 g/mol. The fourth-order valence-corrected chi connectivity index (χ4v) is 4.65. The Labute approximate surface area is 172 Å². The molecule has 4 rings (SSSR count). The number of fused-ring (bicyclic) bond motifs is 1. The van der Waals surface area contributed by atoms with Gasteiger partial charge in [-0.2, -0.15) is 0 Å². The normalized spacial score (nSPS) is 21.1. The van der Waals surface area contributed by atoms with E-state index in [1.54, 1.807) is 48.5 Å². The summed E-state index contributed by atoms with van der Waals surface area (Å²) in [7, 11) is -9.78. The molecular weight excluding hydrogens is 475 g/mol. The predicted molar refractivity (Wildman–Crippen MR) is 109 cm³/mol. The van der Waals surface area contributed by atoms with Gasteiger partial charge in [-0.3, -0.25) is 0 Å². The molecule has 1 heterocycles. The number of benzene rings is 3. The Morgan fingerprint density at radius 1 is 0.793 bits per heavy atom. The molecule has 1 aliphatic rings. The molecule has 2 nitrogen and oxygen atoms in total. The van der Waals surface area contributed by atoms with Crippen LogP contribution in [-0.4, -0.2) is 5.84 Å². The lowest BCUT2D eigenvalue weighted by atomic mass is 9.77. The number of rotatable bonds is 3. The molecule has 29 heavy (non-hydrogen) atoms. The summed E-state index contributed by atoms with van der Waals surface area (Å²) in [6, 6.07) is 17.1. The second kappa shape index (κ2) is 5.60. The summed E-state index contributed by atoms with van der Waals surface area (Å²) in [5, 5.41) is 0. The molecule has 2 N–H and O–H groups in total. The maximum absolute atomic E-state index is 13.2. The zero-order valence-electron chi connectivity index (χ0n) is 14.6. The van der Waals surface area contributed by atoms with Crippen LogP contribution >= 0.6 is 26.2 Å². The molecule has 0 saturated heterocycles. The Balaban J connectivity index is 2.00. The molecule has 0 fully saturated rings. The average Bonchev–Trinajstić information content (AvgIpc) is 2.94. The smallest absolute Gasteiger partial charge is 0.310 e. The molecule has 1 unspecified atom stereocenters. The van der Waals surface area contributed by atoms with Crippen molar-refractivity contribution in [3.8, 4) is 0 Å². The lowest BCUT2D eigenvalue weighted by Gasteiger charge is -2.40. The van der Waals surface area contributed by atoms with Crippen LogP contribution in [0.2, 0.25) is 0 Å². The SMILES string of the molecule is NC1=NC(c2ccc(S(F)(F)(F)(F)F)cc2)(c2cccc(Br)c2)c2ccccc21. The Bertz CT molecular complexity index is 1160. The van der Waals surface area contributed by atoms with E-state index >= 15 is 0 Å². The molecule has 3 aromatic carbocycles. The van der Waals surface area contributed by atoms with Gasteiger partial charge in [-0.1, -0.05) is 83.9 Å². The Kier molecular flexibility index (Phi) is 3.85. The number of nitrogens with zero attached hydrogens (tertiary/aromatic N) is 1. The van der Waals surface area contributed by atoms with Crippen LogP contribution in [0.15, 0.2) is 87.2 Å². The Morgan fingerprint density at radius 3 is 2.07 bits per heavy atom. The van der Waals surface area contributed by atoms with Crippen LogP contribution in [0, 0.1) is 0 Å². The molecule has 3 aromatic rings. The minimum atomic E-state index is -9.78. The summed E-state index contributed by atoms with van der Waals surface area (Å²) < 4.78 is 66.6. The lowest BCUT2D eigenvalue weighted by molar-refractivity contribution is 0.364. The summed E-state index contributed by atoms with van der Waals surface area (Å²) in [4.78, 5) is 2.67. The summed E-state index contributed by atoms with van der Waals surface area (Å²) in [5.41, 5.74) is 7.12. The fourth-order valence-electron chi connectivity index (χ4n) is 3.60. The third-order valence-corrected chi connectivity index (χ3v) is 6.50. The van der Waals surface area contributed by atoms with E-state index in [0.717, 1.165) is 16.6 Å². The molecule has 0 aliphatic carbocycles. The number of nitrogens with two attached hydrogens (primary N) is 1. The van der Waals surface area contributed by atoms with Gasteiger partial charge in [0.25, 0.3) is 0 Å². The number of amidine groups is 1. The van der Waals surface area contributed by atoms with Gasteiger partial charge in [-0.15, -0.1) is 0 Å². The van der Waals surface area contributed by atoms with Gasteiger partial charge < -0.3 is 5.73 Å². The topological polar surface area (TPSA) is 38.4 Å².